The topological polar surface area (TPSA) is 72.2 Å². The number of rotatable bonds is 6. The third-order valence-corrected chi connectivity index (χ3v) is 4.73. The molecule has 1 unspecified atom stereocenters. The van der Waals surface area contributed by atoms with Crippen molar-refractivity contribution >= 4 is 11.7 Å². The van der Waals surface area contributed by atoms with Gasteiger partial charge in [0, 0.05) is 17.8 Å². The standard InChI is InChI=1S/C20H25N5O/c1-13(2)19(16-8-6-5-7-9-16)24-18(26)11-10-17-14(3)23-20-21-12-22-25(20)15(17)4/h5-9,12-13,19H,10-11H2,1-4H3,(H,24,26). The van der Waals surface area contributed by atoms with Crippen molar-refractivity contribution in [3.63, 3.8) is 0 Å². The van der Waals surface area contributed by atoms with E-state index in [0.29, 0.717) is 24.5 Å². The number of nitrogens with one attached hydrogen (secondary N) is 1. The monoisotopic (exact) mass is 351 g/mol. The molecule has 3 aromatic rings. The fourth-order valence-corrected chi connectivity index (χ4v) is 3.30. The maximum absolute atomic E-state index is 12.6. The molecule has 6 heteroatoms. The number of hydrogen-bond acceptors (Lipinski definition) is 4. The van der Waals surface area contributed by atoms with E-state index < -0.39 is 0 Å². The Balaban J connectivity index is 1.71. The van der Waals surface area contributed by atoms with E-state index in [9.17, 15) is 4.79 Å². The Kier molecular flexibility index (Phi) is 5.30. The van der Waals surface area contributed by atoms with Crippen molar-refractivity contribution in [2.24, 2.45) is 5.92 Å². The summed E-state index contributed by atoms with van der Waals surface area (Å²) in [5.41, 5.74) is 4.08. The van der Waals surface area contributed by atoms with Crippen LogP contribution < -0.4 is 5.32 Å². The van der Waals surface area contributed by atoms with Crippen LogP contribution >= 0.6 is 0 Å². The largest absolute Gasteiger partial charge is 0.349 e. The summed E-state index contributed by atoms with van der Waals surface area (Å²) in [5.74, 6) is 0.958. The van der Waals surface area contributed by atoms with Gasteiger partial charge in [-0.3, -0.25) is 4.79 Å². The van der Waals surface area contributed by atoms with E-state index in [2.05, 4.69) is 46.4 Å². The molecule has 0 saturated carbocycles. The molecule has 0 aliphatic rings. The van der Waals surface area contributed by atoms with E-state index in [0.717, 1.165) is 22.5 Å². The second-order valence-electron chi connectivity index (χ2n) is 6.93. The molecule has 0 spiro atoms. The summed E-state index contributed by atoms with van der Waals surface area (Å²) in [6.07, 6.45) is 2.55. The minimum Gasteiger partial charge on any atom is -0.349 e. The van der Waals surface area contributed by atoms with E-state index in [1.807, 2.05) is 32.0 Å². The Morgan fingerprint density at radius 1 is 1.19 bits per heavy atom. The Bertz CT molecular complexity index is 901. The van der Waals surface area contributed by atoms with Crippen molar-refractivity contribution < 1.29 is 4.79 Å². The fraction of sp³-hybridized carbons (Fsp3) is 0.400. The molecule has 6 nitrogen and oxygen atoms in total. The Morgan fingerprint density at radius 2 is 1.92 bits per heavy atom. The van der Waals surface area contributed by atoms with E-state index in [1.165, 1.54) is 6.33 Å². The maximum Gasteiger partial charge on any atom is 0.252 e. The van der Waals surface area contributed by atoms with Crippen molar-refractivity contribution in [3.8, 4) is 0 Å². The Hall–Kier alpha value is -2.76. The van der Waals surface area contributed by atoms with Gasteiger partial charge in [0.25, 0.3) is 5.78 Å². The van der Waals surface area contributed by atoms with Gasteiger partial charge < -0.3 is 5.32 Å². The van der Waals surface area contributed by atoms with Crippen LogP contribution in [-0.4, -0.2) is 25.5 Å². The zero-order valence-electron chi connectivity index (χ0n) is 15.7. The number of fused-ring (bicyclic) bond motifs is 1. The van der Waals surface area contributed by atoms with Crippen LogP contribution in [0.15, 0.2) is 36.7 Å². The van der Waals surface area contributed by atoms with Crippen molar-refractivity contribution in [2.45, 2.75) is 46.6 Å². The summed E-state index contributed by atoms with van der Waals surface area (Å²) in [6.45, 7) is 8.18. The number of amides is 1. The van der Waals surface area contributed by atoms with Crippen LogP contribution in [0.2, 0.25) is 0 Å². The third-order valence-electron chi connectivity index (χ3n) is 4.73. The lowest BCUT2D eigenvalue weighted by Crippen LogP contribution is -2.32. The van der Waals surface area contributed by atoms with Crippen LogP contribution in [0.25, 0.3) is 5.78 Å². The number of aromatic nitrogens is 4. The molecule has 3 rings (SSSR count). The lowest BCUT2D eigenvalue weighted by Gasteiger charge is -2.23. The van der Waals surface area contributed by atoms with Crippen molar-refractivity contribution in [3.05, 3.63) is 59.2 Å². The molecular weight excluding hydrogens is 326 g/mol. The minimum atomic E-state index is 0.0156. The molecular formula is C20H25N5O. The second-order valence-corrected chi connectivity index (χ2v) is 6.93. The van der Waals surface area contributed by atoms with Gasteiger partial charge in [-0.15, -0.1) is 0 Å². The molecule has 1 N–H and O–H groups in total. The third kappa shape index (κ3) is 3.74. The van der Waals surface area contributed by atoms with E-state index in [4.69, 9.17) is 0 Å². The second kappa shape index (κ2) is 7.64. The van der Waals surface area contributed by atoms with Crippen molar-refractivity contribution in [1.29, 1.82) is 0 Å². The highest BCUT2D eigenvalue weighted by Crippen LogP contribution is 2.22. The Morgan fingerprint density at radius 3 is 2.62 bits per heavy atom. The van der Waals surface area contributed by atoms with E-state index in [1.54, 1.807) is 4.52 Å². The van der Waals surface area contributed by atoms with E-state index in [-0.39, 0.29) is 11.9 Å². The molecule has 1 amide bonds. The van der Waals surface area contributed by atoms with Gasteiger partial charge in [-0.25, -0.2) is 9.50 Å². The summed E-state index contributed by atoms with van der Waals surface area (Å²) in [7, 11) is 0. The van der Waals surface area contributed by atoms with Crippen molar-refractivity contribution in [2.75, 3.05) is 0 Å². The summed E-state index contributed by atoms with van der Waals surface area (Å²) in [4.78, 5) is 21.2. The Labute approximate surface area is 153 Å². The SMILES string of the molecule is Cc1nc2ncnn2c(C)c1CCC(=O)NC(c1ccccc1)C(C)C. The van der Waals surface area contributed by atoms with Crippen LogP contribution in [0.1, 0.15) is 48.8 Å². The average molecular weight is 351 g/mol. The molecule has 1 atom stereocenters. The highest BCUT2D eigenvalue weighted by molar-refractivity contribution is 5.76. The first-order valence-corrected chi connectivity index (χ1v) is 8.97. The van der Waals surface area contributed by atoms with Gasteiger partial charge in [-0.05, 0) is 37.3 Å². The van der Waals surface area contributed by atoms with Gasteiger partial charge in [0.05, 0.1) is 6.04 Å². The summed E-state index contributed by atoms with van der Waals surface area (Å²) >= 11 is 0. The van der Waals surface area contributed by atoms with E-state index >= 15 is 0 Å². The number of hydrogen-bond donors (Lipinski definition) is 1. The number of aryl methyl sites for hydroxylation is 2. The smallest absolute Gasteiger partial charge is 0.252 e. The van der Waals surface area contributed by atoms with Crippen LogP contribution in [-0.2, 0) is 11.2 Å². The molecule has 0 aliphatic carbocycles. The molecule has 0 fully saturated rings. The molecule has 1 aromatic carbocycles. The normalized spacial score (nSPS) is 12.5. The molecule has 2 heterocycles. The van der Waals surface area contributed by atoms with Crippen LogP contribution in [0, 0.1) is 19.8 Å². The zero-order valence-corrected chi connectivity index (χ0v) is 15.7. The summed E-state index contributed by atoms with van der Waals surface area (Å²) in [6, 6.07) is 10.1. The number of carbonyl (C=O) groups excluding carboxylic acids is 1. The van der Waals surface area contributed by atoms with Gasteiger partial charge in [0.2, 0.25) is 5.91 Å². The molecule has 26 heavy (non-hydrogen) atoms. The number of carbonyl (C=O) groups is 1. The summed E-state index contributed by atoms with van der Waals surface area (Å²) in [5, 5.41) is 7.38. The maximum atomic E-state index is 12.6. The molecule has 0 bridgehead atoms. The van der Waals surface area contributed by atoms with Gasteiger partial charge in [-0.2, -0.15) is 10.1 Å². The van der Waals surface area contributed by atoms with Crippen LogP contribution in [0.3, 0.4) is 0 Å². The van der Waals surface area contributed by atoms with Crippen LogP contribution in [0.5, 0.6) is 0 Å². The van der Waals surface area contributed by atoms with Gasteiger partial charge in [-0.1, -0.05) is 44.2 Å². The first-order chi connectivity index (χ1) is 12.5. The molecule has 0 saturated heterocycles. The zero-order chi connectivity index (χ0) is 18.7. The number of benzene rings is 1. The molecule has 2 aromatic heterocycles. The van der Waals surface area contributed by atoms with Gasteiger partial charge in [0.1, 0.15) is 6.33 Å². The first kappa shape index (κ1) is 18.0. The van der Waals surface area contributed by atoms with Crippen molar-refractivity contribution in [1.82, 2.24) is 24.9 Å². The summed E-state index contributed by atoms with van der Waals surface area (Å²) < 4.78 is 1.72. The predicted molar refractivity (Wildman–Crippen MR) is 101 cm³/mol. The highest BCUT2D eigenvalue weighted by Gasteiger charge is 2.19. The first-order valence-electron chi connectivity index (χ1n) is 8.97. The highest BCUT2D eigenvalue weighted by atomic mass is 16.1. The van der Waals surface area contributed by atoms with Crippen LogP contribution in [0.4, 0.5) is 0 Å². The molecule has 0 aliphatic heterocycles. The average Bonchev–Trinajstić information content (AvgIpc) is 3.08. The fourth-order valence-electron chi connectivity index (χ4n) is 3.30. The number of nitrogens with zero attached hydrogens (tertiary/aromatic N) is 4. The minimum absolute atomic E-state index is 0.0156. The molecule has 136 valence electrons. The molecule has 0 radical (unpaired) electrons. The predicted octanol–water partition coefficient (Wildman–Crippen LogP) is 3.19. The van der Waals surface area contributed by atoms with Gasteiger partial charge >= 0.3 is 0 Å². The van der Waals surface area contributed by atoms with Gasteiger partial charge in [0.15, 0.2) is 0 Å². The lowest BCUT2D eigenvalue weighted by molar-refractivity contribution is -0.122. The lowest BCUT2D eigenvalue weighted by atomic mass is 9.95. The quantitative estimate of drug-likeness (QED) is 0.740.